The lowest BCUT2D eigenvalue weighted by molar-refractivity contribution is -0.119. The molecule has 0 spiro atoms. The highest BCUT2D eigenvalue weighted by Gasteiger charge is 2.42. The van der Waals surface area contributed by atoms with E-state index in [2.05, 4.69) is 9.97 Å². The molecule has 158 valence electrons. The third kappa shape index (κ3) is 3.72. The van der Waals surface area contributed by atoms with Gasteiger partial charge < -0.3 is 9.80 Å². The first-order chi connectivity index (χ1) is 14.3. The molecule has 0 saturated carbocycles. The highest BCUT2D eigenvalue weighted by atomic mass is 35.5. The van der Waals surface area contributed by atoms with Gasteiger partial charge in [-0.3, -0.25) is 9.59 Å². The van der Waals surface area contributed by atoms with Crippen molar-refractivity contribution in [1.82, 2.24) is 14.9 Å². The molecule has 11 heteroatoms. The summed E-state index contributed by atoms with van der Waals surface area (Å²) < 4.78 is 25.3. The highest BCUT2D eigenvalue weighted by molar-refractivity contribution is 7.94. The van der Waals surface area contributed by atoms with Gasteiger partial charge in [0, 0.05) is 38.6 Å². The van der Waals surface area contributed by atoms with Crippen molar-refractivity contribution in [3.63, 3.8) is 0 Å². The van der Waals surface area contributed by atoms with Gasteiger partial charge in [-0.15, -0.1) is 0 Å². The van der Waals surface area contributed by atoms with Crippen molar-refractivity contribution in [2.45, 2.75) is 6.92 Å². The van der Waals surface area contributed by atoms with E-state index in [1.807, 2.05) is 4.90 Å². The Hall–Kier alpha value is -2.72. The van der Waals surface area contributed by atoms with Crippen LogP contribution in [0.5, 0.6) is 0 Å². The van der Waals surface area contributed by atoms with Crippen LogP contribution in [-0.4, -0.2) is 67.0 Å². The van der Waals surface area contributed by atoms with Crippen molar-refractivity contribution in [1.29, 1.82) is 0 Å². The fourth-order valence-electron chi connectivity index (χ4n) is 3.63. The maximum atomic E-state index is 12.9. The molecular weight excluding hydrogens is 430 g/mol. The average molecular weight is 450 g/mol. The zero-order chi connectivity index (χ0) is 21.5. The molecule has 2 aliphatic rings. The van der Waals surface area contributed by atoms with Crippen molar-refractivity contribution in [2.75, 3.05) is 41.1 Å². The lowest BCUT2D eigenvalue weighted by Crippen LogP contribution is -2.49. The van der Waals surface area contributed by atoms with Crippen LogP contribution in [0.1, 0.15) is 17.3 Å². The molecule has 0 bridgehead atoms. The maximum absolute atomic E-state index is 12.9. The van der Waals surface area contributed by atoms with Crippen LogP contribution >= 0.6 is 11.6 Å². The van der Waals surface area contributed by atoms with Crippen molar-refractivity contribution >= 4 is 45.1 Å². The summed E-state index contributed by atoms with van der Waals surface area (Å²) >= 11 is 6.31. The molecule has 0 radical (unpaired) electrons. The third-order valence-corrected chi connectivity index (χ3v) is 7.36. The van der Waals surface area contributed by atoms with Gasteiger partial charge in [-0.2, -0.15) is 0 Å². The molecule has 2 fully saturated rings. The summed E-state index contributed by atoms with van der Waals surface area (Å²) in [6.07, 6.45) is 3.35. The molecule has 4 rings (SSSR count). The second-order valence-electron chi connectivity index (χ2n) is 7.27. The molecule has 2 aliphatic heterocycles. The number of anilines is 2. The lowest BCUT2D eigenvalue weighted by atomic mass is 10.1. The van der Waals surface area contributed by atoms with E-state index in [4.69, 9.17) is 11.6 Å². The van der Waals surface area contributed by atoms with Gasteiger partial charge in [-0.25, -0.2) is 22.7 Å². The predicted molar refractivity (Wildman–Crippen MR) is 112 cm³/mol. The molecule has 0 N–H and O–H groups in total. The van der Waals surface area contributed by atoms with Gasteiger partial charge in [0.15, 0.2) is 0 Å². The van der Waals surface area contributed by atoms with Gasteiger partial charge in [0.05, 0.1) is 27.9 Å². The summed E-state index contributed by atoms with van der Waals surface area (Å²) in [5, 5.41) is 0.105. The van der Waals surface area contributed by atoms with Crippen LogP contribution < -0.4 is 9.21 Å². The van der Waals surface area contributed by atoms with Gasteiger partial charge >= 0.3 is 0 Å². The monoisotopic (exact) mass is 449 g/mol. The van der Waals surface area contributed by atoms with Crippen LogP contribution in [0.2, 0.25) is 5.02 Å². The Morgan fingerprint density at radius 1 is 1.13 bits per heavy atom. The first kappa shape index (κ1) is 20.5. The van der Waals surface area contributed by atoms with E-state index in [9.17, 15) is 18.0 Å². The number of benzene rings is 1. The average Bonchev–Trinajstić information content (AvgIpc) is 2.94. The van der Waals surface area contributed by atoms with Crippen LogP contribution in [0.25, 0.3) is 0 Å². The Morgan fingerprint density at radius 3 is 2.37 bits per heavy atom. The number of carbonyl (C=O) groups is 2. The Labute approximate surface area is 179 Å². The Balaban J connectivity index is 1.49. The fraction of sp³-hybridized carbons (Fsp3) is 0.368. The second kappa shape index (κ2) is 7.84. The molecule has 2 amide bonds. The Kier molecular flexibility index (Phi) is 5.37. The van der Waals surface area contributed by atoms with Crippen molar-refractivity contribution in [3.05, 3.63) is 47.2 Å². The number of hydrogen-bond donors (Lipinski definition) is 0. The van der Waals surface area contributed by atoms with Gasteiger partial charge in [-0.05, 0) is 24.3 Å². The summed E-state index contributed by atoms with van der Waals surface area (Å²) in [7, 11) is -3.73. The summed E-state index contributed by atoms with van der Waals surface area (Å²) in [5.74, 6) is -0.967. The van der Waals surface area contributed by atoms with Crippen molar-refractivity contribution in [2.24, 2.45) is 5.92 Å². The normalized spacial score (nSPS) is 21.2. The van der Waals surface area contributed by atoms with E-state index >= 15 is 0 Å². The fourth-order valence-corrected chi connectivity index (χ4v) is 5.69. The molecule has 2 saturated heterocycles. The van der Waals surface area contributed by atoms with Gasteiger partial charge in [-0.1, -0.05) is 18.5 Å². The van der Waals surface area contributed by atoms with E-state index in [0.29, 0.717) is 32.1 Å². The number of rotatable bonds is 3. The smallest absolute Gasteiger partial charge is 0.255 e. The van der Waals surface area contributed by atoms with E-state index in [0.717, 1.165) is 4.31 Å². The number of piperazine rings is 1. The van der Waals surface area contributed by atoms with E-state index in [1.54, 1.807) is 30.3 Å². The van der Waals surface area contributed by atoms with Crippen molar-refractivity contribution in [3.8, 4) is 0 Å². The predicted octanol–water partition coefficient (Wildman–Crippen LogP) is 1.40. The van der Waals surface area contributed by atoms with E-state index < -0.39 is 21.8 Å². The van der Waals surface area contributed by atoms with Crippen LogP contribution in [0.3, 0.4) is 0 Å². The van der Waals surface area contributed by atoms with Gasteiger partial charge in [0.25, 0.3) is 5.91 Å². The summed E-state index contributed by atoms with van der Waals surface area (Å²) in [6.45, 7) is 3.70. The summed E-state index contributed by atoms with van der Waals surface area (Å²) in [6, 6.07) is 6.02. The molecule has 9 nitrogen and oxygen atoms in total. The molecular formula is C19H20ClN5O4S. The molecule has 1 aromatic carbocycles. The first-order valence-electron chi connectivity index (χ1n) is 9.45. The van der Waals surface area contributed by atoms with E-state index in [1.165, 1.54) is 18.2 Å². The number of hydrogen-bond acceptors (Lipinski definition) is 7. The highest BCUT2D eigenvalue weighted by Crippen LogP contribution is 2.32. The van der Waals surface area contributed by atoms with Crippen LogP contribution in [0.4, 0.5) is 11.6 Å². The number of carbonyl (C=O) groups excluding carboxylic acids is 2. The van der Waals surface area contributed by atoms with Crippen LogP contribution in [0, 0.1) is 5.92 Å². The standard InChI is InChI=1S/C19H20ClN5O4S/c1-13-12-30(28,29)25(17(13)26)14-3-4-15(16(20)11-14)18(27)23-7-9-24(10-8-23)19-21-5-2-6-22-19/h2-6,11,13H,7-10,12H2,1H3. The number of nitrogens with zero attached hydrogens (tertiary/aromatic N) is 5. The molecule has 1 aromatic heterocycles. The second-order valence-corrected chi connectivity index (χ2v) is 9.54. The minimum Gasteiger partial charge on any atom is -0.337 e. The van der Waals surface area contributed by atoms with E-state index in [-0.39, 0.29) is 27.9 Å². The minimum atomic E-state index is -3.73. The number of aromatic nitrogens is 2. The zero-order valence-electron chi connectivity index (χ0n) is 16.2. The first-order valence-corrected chi connectivity index (χ1v) is 11.4. The molecule has 0 aliphatic carbocycles. The zero-order valence-corrected chi connectivity index (χ0v) is 17.8. The Morgan fingerprint density at radius 2 is 1.80 bits per heavy atom. The molecule has 3 heterocycles. The lowest BCUT2D eigenvalue weighted by Gasteiger charge is -2.34. The van der Waals surface area contributed by atoms with Crippen molar-refractivity contribution < 1.29 is 18.0 Å². The topological polar surface area (TPSA) is 104 Å². The largest absolute Gasteiger partial charge is 0.337 e. The number of amides is 2. The van der Waals surface area contributed by atoms with Gasteiger partial charge in [0.2, 0.25) is 21.9 Å². The molecule has 1 atom stereocenters. The quantitative estimate of drug-likeness (QED) is 0.697. The Bertz CT molecular complexity index is 1090. The maximum Gasteiger partial charge on any atom is 0.255 e. The third-order valence-electron chi connectivity index (χ3n) is 5.18. The van der Waals surface area contributed by atoms with Crippen LogP contribution in [-0.2, 0) is 14.8 Å². The SMILES string of the molecule is CC1CS(=O)(=O)N(c2ccc(C(=O)N3CCN(c4ncccn4)CC3)c(Cl)c2)C1=O. The molecule has 2 aromatic rings. The molecule has 30 heavy (non-hydrogen) atoms. The van der Waals surface area contributed by atoms with Crippen LogP contribution in [0.15, 0.2) is 36.7 Å². The summed E-state index contributed by atoms with van der Waals surface area (Å²) in [4.78, 5) is 37.3. The summed E-state index contributed by atoms with van der Waals surface area (Å²) in [5.41, 5.74) is 0.416. The number of sulfonamides is 1. The molecule has 1 unspecified atom stereocenters. The number of halogens is 1. The van der Waals surface area contributed by atoms with Gasteiger partial charge in [0.1, 0.15) is 0 Å². The minimum absolute atomic E-state index is 0.105.